The zero-order valence-corrected chi connectivity index (χ0v) is 19.9. The summed E-state index contributed by atoms with van der Waals surface area (Å²) in [5, 5.41) is 5.51. The lowest BCUT2D eigenvalue weighted by atomic mass is 10.1. The Morgan fingerprint density at radius 2 is 1.79 bits per heavy atom. The van der Waals surface area contributed by atoms with E-state index in [2.05, 4.69) is 22.1 Å². The Hall–Kier alpha value is -2.95. The van der Waals surface area contributed by atoms with Gasteiger partial charge in [-0.1, -0.05) is 6.58 Å². The van der Waals surface area contributed by atoms with Crippen molar-refractivity contribution in [1.29, 1.82) is 0 Å². The van der Waals surface area contributed by atoms with Crippen LogP contribution in [0.1, 0.15) is 42.0 Å². The van der Waals surface area contributed by atoms with Crippen LogP contribution in [0.3, 0.4) is 0 Å². The highest BCUT2D eigenvalue weighted by atomic mass is 32.2. The van der Waals surface area contributed by atoms with Crippen LogP contribution in [0.15, 0.2) is 58.4 Å². The average Bonchev–Trinajstić information content (AvgIpc) is 3.52. The topological polar surface area (TPSA) is 112 Å². The summed E-state index contributed by atoms with van der Waals surface area (Å²) >= 11 is 0. The third-order valence-electron chi connectivity index (χ3n) is 6.13. The molecule has 2 fully saturated rings. The number of likely N-dealkylation sites (tertiary alicyclic amines) is 1. The summed E-state index contributed by atoms with van der Waals surface area (Å²) in [6, 6.07) is 9.26. The predicted molar refractivity (Wildman–Crippen MR) is 128 cm³/mol. The van der Waals surface area contributed by atoms with Gasteiger partial charge in [-0.25, -0.2) is 8.42 Å². The normalized spacial score (nSPS) is 19.6. The van der Waals surface area contributed by atoms with E-state index in [4.69, 9.17) is 4.42 Å². The van der Waals surface area contributed by atoms with Crippen molar-refractivity contribution in [2.75, 3.05) is 31.5 Å². The lowest BCUT2D eigenvalue weighted by Crippen LogP contribution is -2.49. The fourth-order valence-electron chi connectivity index (χ4n) is 4.34. The molecule has 2 aliphatic heterocycles. The third kappa shape index (κ3) is 5.75. The van der Waals surface area contributed by atoms with E-state index in [9.17, 15) is 18.0 Å². The molecule has 0 unspecified atom stereocenters. The molecule has 10 heteroatoms. The van der Waals surface area contributed by atoms with Crippen LogP contribution >= 0.6 is 0 Å². The van der Waals surface area contributed by atoms with Crippen molar-refractivity contribution in [1.82, 2.24) is 14.5 Å². The average molecular weight is 487 g/mol. The van der Waals surface area contributed by atoms with Gasteiger partial charge in [0.15, 0.2) is 5.76 Å². The van der Waals surface area contributed by atoms with Gasteiger partial charge in [-0.3, -0.25) is 14.5 Å². The van der Waals surface area contributed by atoms with E-state index in [0.29, 0.717) is 31.6 Å². The number of carbonyl (C=O) groups is 2. The summed E-state index contributed by atoms with van der Waals surface area (Å²) in [5.41, 5.74) is 0.469. The maximum Gasteiger partial charge on any atom is 0.291 e. The highest BCUT2D eigenvalue weighted by molar-refractivity contribution is 7.89. The molecule has 2 aliphatic rings. The fourth-order valence-corrected chi connectivity index (χ4v) is 5.86. The first-order valence-electron chi connectivity index (χ1n) is 11.5. The Morgan fingerprint density at radius 3 is 2.50 bits per heavy atom. The smallest absolute Gasteiger partial charge is 0.291 e. The number of nitrogens with one attached hydrogen (secondary N) is 2. The van der Waals surface area contributed by atoms with Gasteiger partial charge in [0.1, 0.15) is 5.76 Å². The van der Waals surface area contributed by atoms with Crippen LogP contribution in [0.5, 0.6) is 0 Å². The van der Waals surface area contributed by atoms with Crippen molar-refractivity contribution in [3.63, 3.8) is 0 Å². The van der Waals surface area contributed by atoms with Crippen LogP contribution in [0.2, 0.25) is 0 Å². The van der Waals surface area contributed by atoms with Gasteiger partial charge >= 0.3 is 0 Å². The maximum absolute atomic E-state index is 13.1. The van der Waals surface area contributed by atoms with E-state index in [0.717, 1.165) is 18.8 Å². The van der Waals surface area contributed by atoms with Gasteiger partial charge in [-0.15, -0.1) is 0 Å². The summed E-state index contributed by atoms with van der Waals surface area (Å²) in [4.78, 5) is 26.5. The van der Waals surface area contributed by atoms with E-state index in [1.54, 1.807) is 18.2 Å². The van der Waals surface area contributed by atoms with Gasteiger partial charge in [-0.2, -0.15) is 4.31 Å². The predicted octanol–water partition coefficient (Wildman–Crippen LogP) is 2.58. The Kier molecular flexibility index (Phi) is 7.50. The molecule has 2 N–H and O–H groups in total. The Labute approximate surface area is 199 Å². The highest BCUT2D eigenvalue weighted by Gasteiger charge is 2.30. The van der Waals surface area contributed by atoms with Gasteiger partial charge < -0.3 is 15.1 Å². The van der Waals surface area contributed by atoms with Crippen molar-refractivity contribution < 1.29 is 22.4 Å². The molecule has 0 bridgehead atoms. The van der Waals surface area contributed by atoms with Crippen LogP contribution in [0.4, 0.5) is 5.69 Å². The molecule has 1 atom stereocenters. The number of hydrogen-bond donors (Lipinski definition) is 2. The second-order valence-electron chi connectivity index (χ2n) is 8.64. The number of hydrogen-bond acceptors (Lipinski definition) is 6. The largest absolute Gasteiger partial charge is 0.455 e. The molecule has 9 nitrogen and oxygen atoms in total. The van der Waals surface area contributed by atoms with Gasteiger partial charge in [0.25, 0.3) is 5.91 Å². The van der Waals surface area contributed by atoms with Crippen molar-refractivity contribution in [2.45, 2.75) is 43.2 Å². The molecule has 34 heavy (non-hydrogen) atoms. The number of furan rings is 1. The minimum atomic E-state index is -3.72. The molecule has 4 rings (SSSR count). The molecule has 3 heterocycles. The van der Waals surface area contributed by atoms with E-state index in [-0.39, 0.29) is 35.1 Å². The Balaban J connectivity index is 1.36. The first-order valence-corrected chi connectivity index (χ1v) is 12.9. The molecule has 0 aliphatic carbocycles. The van der Waals surface area contributed by atoms with E-state index in [1.165, 1.54) is 35.4 Å². The van der Waals surface area contributed by atoms with Crippen molar-refractivity contribution >= 4 is 27.5 Å². The minimum absolute atomic E-state index is 0.132. The molecule has 2 aromatic rings. The third-order valence-corrected chi connectivity index (χ3v) is 8.01. The molecular formula is C24H30N4O5S. The van der Waals surface area contributed by atoms with Crippen LogP contribution in [0, 0.1) is 0 Å². The Morgan fingerprint density at radius 1 is 1.06 bits per heavy atom. The fraction of sp³-hybridized carbons (Fsp3) is 0.417. The van der Waals surface area contributed by atoms with E-state index >= 15 is 0 Å². The molecule has 1 aromatic heterocycles. The van der Waals surface area contributed by atoms with Gasteiger partial charge in [-0.05, 0) is 81.2 Å². The molecular weight excluding hydrogens is 456 g/mol. The number of anilines is 1. The van der Waals surface area contributed by atoms with Crippen molar-refractivity contribution in [3.8, 4) is 0 Å². The number of amides is 2. The molecule has 2 amide bonds. The number of benzene rings is 1. The van der Waals surface area contributed by atoms with E-state index < -0.39 is 10.0 Å². The monoisotopic (exact) mass is 486 g/mol. The zero-order chi connectivity index (χ0) is 24.1. The molecule has 0 saturated carbocycles. The number of piperidine rings is 1. The Bertz CT molecular complexity index is 1140. The van der Waals surface area contributed by atoms with Crippen LogP contribution < -0.4 is 10.6 Å². The lowest BCUT2D eigenvalue weighted by Gasteiger charge is -2.32. The molecule has 0 spiro atoms. The summed E-state index contributed by atoms with van der Waals surface area (Å²) in [6.45, 7) is 6.80. The number of nitrogens with zero attached hydrogens (tertiary/aromatic N) is 2. The summed E-state index contributed by atoms with van der Waals surface area (Å²) in [5.74, 6) is 0.258. The quantitative estimate of drug-likeness (QED) is 0.555. The lowest BCUT2D eigenvalue weighted by molar-refractivity contribution is -0.117. The number of rotatable bonds is 8. The zero-order valence-electron chi connectivity index (χ0n) is 19.0. The van der Waals surface area contributed by atoms with Crippen LogP contribution in [-0.4, -0.2) is 61.7 Å². The second-order valence-corrected chi connectivity index (χ2v) is 10.6. The first kappa shape index (κ1) is 24.2. The molecule has 1 aromatic carbocycles. The summed E-state index contributed by atoms with van der Waals surface area (Å²) in [7, 11) is -3.72. The van der Waals surface area contributed by atoms with Crippen molar-refractivity contribution in [2.24, 2.45) is 0 Å². The SMILES string of the molecule is C=CC(=O)N[C@H]1CCCN(S(=O)(=O)c2ccc(NC(=O)c3ccc(CN4CCCC4)o3)cc2)C1. The van der Waals surface area contributed by atoms with Crippen LogP contribution in [-0.2, 0) is 21.4 Å². The molecule has 0 radical (unpaired) electrons. The molecule has 2 saturated heterocycles. The summed E-state index contributed by atoms with van der Waals surface area (Å²) < 4.78 is 33.2. The second kappa shape index (κ2) is 10.5. The van der Waals surface area contributed by atoms with Gasteiger partial charge in [0.2, 0.25) is 15.9 Å². The van der Waals surface area contributed by atoms with Crippen molar-refractivity contribution in [3.05, 3.63) is 60.6 Å². The van der Waals surface area contributed by atoms with E-state index in [1.807, 2.05) is 6.07 Å². The number of sulfonamides is 1. The minimum Gasteiger partial charge on any atom is -0.455 e. The standard InChI is InChI=1S/C24H30N4O5S/c1-2-23(29)25-19-6-5-15-28(16-19)34(31,32)21-10-7-18(8-11-21)26-24(30)22-12-9-20(33-22)17-27-13-3-4-14-27/h2,7-12,19H,1,3-6,13-17H2,(H,25,29)(H,26,30)/t19-/m0/s1. The maximum atomic E-state index is 13.1. The highest BCUT2D eigenvalue weighted by Crippen LogP contribution is 2.23. The number of carbonyl (C=O) groups excluding carboxylic acids is 2. The van der Waals surface area contributed by atoms with Crippen LogP contribution in [0.25, 0.3) is 0 Å². The van der Waals surface area contributed by atoms with Gasteiger partial charge in [0, 0.05) is 24.8 Å². The van der Waals surface area contributed by atoms with Gasteiger partial charge in [0.05, 0.1) is 11.4 Å². The first-order chi connectivity index (χ1) is 16.3. The summed E-state index contributed by atoms with van der Waals surface area (Å²) in [6.07, 6.45) is 4.91. The molecule has 182 valence electrons.